The summed E-state index contributed by atoms with van der Waals surface area (Å²) >= 11 is 0. The smallest absolute Gasteiger partial charge is 0.213 e. The van der Waals surface area contributed by atoms with Crippen LogP contribution in [0.25, 0.3) is 22.2 Å². The van der Waals surface area contributed by atoms with E-state index >= 15 is 0 Å². The fourth-order valence-corrected chi connectivity index (χ4v) is 1.79. The van der Waals surface area contributed by atoms with Crippen LogP contribution >= 0.6 is 0 Å². The Labute approximate surface area is 96.5 Å². The van der Waals surface area contributed by atoms with Crippen LogP contribution in [0.3, 0.4) is 0 Å². The van der Waals surface area contributed by atoms with Gasteiger partial charge in [0.2, 0.25) is 5.95 Å². The summed E-state index contributed by atoms with van der Waals surface area (Å²) in [5.74, 6) is -0.515. The van der Waals surface area contributed by atoms with Crippen molar-refractivity contribution in [3.05, 3.63) is 42.2 Å². The molecule has 3 aromatic rings. The number of nitrogens with zero attached hydrogens (tertiary/aromatic N) is 3. The molecule has 84 valence electrons. The minimum absolute atomic E-state index is 0.515. The molecule has 0 bridgehead atoms. The summed E-state index contributed by atoms with van der Waals surface area (Å²) in [6, 6.07) is 4.98. The molecule has 17 heavy (non-hydrogen) atoms. The van der Waals surface area contributed by atoms with Gasteiger partial charge in [0, 0.05) is 35.1 Å². The molecule has 0 spiro atoms. The number of rotatable bonds is 1. The van der Waals surface area contributed by atoms with Gasteiger partial charge in [-0.3, -0.25) is 10.1 Å². The molecule has 0 fully saturated rings. The second-order valence-corrected chi connectivity index (χ2v) is 3.81. The van der Waals surface area contributed by atoms with Crippen molar-refractivity contribution in [1.29, 1.82) is 0 Å². The van der Waals surface area contributed by atoms with Crippen LogP contribution in [0.15, 0.2) is 30.6 Å². The van der Waals surface area contributed by atoms with Crippen LogP contribution in [0.2, 0.25) is 0 Å². The Morgan fingerprint density at radius 1 is 1.24 bits per heavy atom. The molecule has 0 radical (unpaired) electrons. The van der Waals surface area contributed by atoms with E-state index in [1.165, 1.54) is 12.3 Å². The lowest BCUT2D eigenvalue weighted by molar-refractivity contribution is 0.584. The lowest BCUT2D eigenvalue weighted by Crippen LogP contribution is -1.85. The highest BCUT2D eigenvalue weighted by atomic mass is 19.1. The number of aryl methyl sites for hydroxylation is 1. The highest BCUT2D eigenvalue weighted by Gasteiger charge is 2.09. The molecule has 1 N–H and O–H groups in total. The van der Waals surface area contributed by atoms with E-state index < -0.39 is 5.95 Å². The monoisotopic (exact) mass is 228 g/mol. The zero-order valence-electron chi connectivity index (χ0n) is 9.11. The molecule has 3 heterocycles. The Morgan fingerprint density at radius 3 is 2.94 bits per heavy atom. The van der Waals surface area contributed by atoms with Gasteiger partial charge in [-0.25, -0.2) is 4.98 Å². The lowest BCUT2D eigenvalue weighted by atomic mass is 10.1. The molecule has 0 aliphatic heterocycles. The van der Waals surface area contributed by atoms with Gasteiger partial charge >= 0.3 is 0 Å². The lowest BCUT2D eigenvalue weighted by Gasteiger charge is -1.97. The number of hydrogen-bond donors (Lipinski definition) is 1. The summed E-state index contributed by atoms with van der Waals surface area (Å²) < 4.78 is 13.1. The number of H-pyrrole nitrogens is 1. The van der Waals surface area contributed by atoms with Crippen LogP contribution in [0.5, 0.6) is 0 Å². The molecule has 0 aliphatic rings. The first-order valence-electron chi connectivity index (χ1n) is 5.17. The van der Waals surface area contributed by atoms with Crippen molar-refractivity contribution in [3.63, 3.8) is 0 Å². The van der Waals surface area contributed by atoms with Crippen LogP contribution in [-0.4, -0.2) is 20.2 Å². The number of halogens is 1. The van der Waals surface area contributed by atoms with Gasteiger partial charge in [-0.15, -0.1) is 0 Å². The molecule has 5 heteroatoms. The predicted octanol–water partition coefficient (Wildman–Crippen LogP) is 2.47. The van der Waals surface area contributed by atoms with E-state index in [-0.39, 0.29) is 0 Å². The molecule has 0 saturated heterocycles. The zero-order valence-corrected chi connectivity index (χ0v) is 9.11. The fraction of sp³-hybridized carbons (Fsp3) is 0.0833. The van der Waals surface area contributed by atoms with Crippen molar-refractivity contribution < 1.29 is 4.39 Å². The van der Waals surface area contributed by atoms with Gasteiger partial charge < -0.3 is 0 Å². The normalized spacial score (nSPS) is 10.9. The summed E-state index contributed by atoms with van der Waals surface area (Å²) in [4.78, 5) is 7.74. The van der Waals surface area contributed by atoms with E-state index in [9.17, 15) is 4.39 Å². The fourth-order valence-electron chi connectivity index (χ4n) is 1.79. The van der Waals surface area contributed by atoms with E-state index in [0.29, 0.717) is 11.3 Å². The largest absolute Gasteiger partial charge is 0.277 e. The quantitative estimate of drug-likeness (QED) is 0.651. The third-order valence-corrected chi connectivity index (χ3v) is 2.58. The molecule has 0 aliphatic carbocycles. The van der Waals surface area contributed by atoms with Gasteiger partial charge in [-0.2, -0.15) is 9.49 Å². The first kappa shape index (κ1) is 9.89. The van der Waals surface area contributed by atoms with Gasteiger partial charge in [0.15, 0.2) is 0 Å². The second kappa shape index (κ2) is 3.62. The standard InChI is InChI=1S/C12H9FN4/c1-7-4-10-9(6-15-7)12(17-16-10)8-2-3-14-11(13)5-8/h2-6H,1H3,(H,16,17). The maximum absolute atomic E-state index is 13.1. The molecule has 0 atom stereocenters. The van der Waals surface area contributed by atoms with Crippen molar-refractivity contribution in [2.75, 3.05) is 0 Å². The van der Waals surface area contributed by atoms with Crippen LogP contribution in [0, 0.1) is 12.9 Å². The van der Waals surface area contributed by atoms with Gasteiger partial charge in [0.1, 0.15) is 5.69 Å². The summed E-state index contributed by atoms with van der Waals surface area (Å²) in [5, 5.41) is 7.98. The summed E-state index contributed by atoms with van der Waals surface area (Å²) in [7, 11) is 0. The Hall–Kier alpha value is -2.30. The van der Waals surface area contributed by atoms with Crippen molar-refractivity contribution in [1.82, 2.24) is 20.2 Å². The Morgan fingerprint density at radius 2 is 2.12 bits per heavy atom. The molecule has 3 rings (SSSR count). The number of fused-ring (bicyclic) bond motifs is 1. The topological polar surface area (TPSA) is 54.5 Å². The average Bonchev–Trinajstić information content (AvgIpc) is 2.71. The minimum atomic E-state index is -0.515. The average molecular weight is 228 g/mol. The van der Waals surface area contributed by atoms with Crippen molar-refractivity contribution in [3.8, 4) is 11.3 Å². The SMILES string of the molecule is Cc1cc2[nH]nc(-c3ccnc(F)c3)c2cn1. The molecule has 0 saturated carbocycles. The van der Waals surface area contributed by atoms with E-state index in [1.54, 1.807) is 12.3 Å². The van der Waals surface area contributed by atoms with Gasteiger partial charge in [0.05, 0.1) is 5.52 Å². The maximum atomic E-state index is 13.1. The van der Waals surface area contributed by atoms with E-state index in [4.69, 9.17) is 0 Å². The third-order valence-electron chi connectivity index (χ3n) is 2.58. The van der Waals surface area contributed by atoms with Crippen LogP contribution < -0.4 is 0 Å². The van der Waals surface area contributed by atoms with E-state index in [2.05, 4.69) is 20.2 Å². The second-order valence-electron chi connectivity index (χ2n) is 3.81. The molecular weight excluding hydrogens is 219 g/mol. The highest BCUT2D eigenvalue weighted by molar-refractivity contribution is 5.92. The summed E-state index contributed by atoms with van der Waals surface area (Å²) in [5.41, 5.74) is 3.18. The zero-order chi connectivity index (χ0) is 11.8. The van der Waals surface area contributed by atoms with E-state index in [0.717, 1.165) is 16.6 Å². The molecule has 3 aromatic heterocycles. The predicted molar refractivity (Wildman–Crippen MR) is 61.8 cm³/mol. The number of aromatic amines is 1. The third kappa shape index (κ3) is 1.65. The molecule has 0 amide bonds. The number of aromatic nitrogens is 4. The Bertz CT molecular complexity index is 690. The Kier molecular flexibility index (Phi) is 2.11. The molecule has 0 aromatic carbocycles. The molecule has 4 nitrogen and oxygen atoms in total. The van der Waals surface area contributed by atoms with E-state index in [1.807, 2.05) is 13.0 Å². The number of nitrogens with one attached hydrogen (secondary N) is 1. The number of pyridine rings is 2. The summed E-state index contributed by atoms with van der Waals surface area (Å²) in [6.45, 7) is 1.91. The number of hydrogen-bond acceptors (Lipinski definition) is 3. The molecule has 0 unspecified atom stereocenters. The first-order chi connectivity index (χ1) is 8.24. The summed E-state index contributed by atoms with van der Waals surface area (Å²) in [6.07, 6.45) is 3.16. The van der Waals surface area contributed by atoms with Crippen LogP contribution in [0.1, 0.15) is 5.69 Å². The highest BCUT2D eigenvalue weighted by Crippen LogP contribution is 2.25. The van der Waals surface area contributed by atoms with Crippen molar-refractivity contribution >= 4 is 10.9 Å². The van der Waals surface area contributed by atoms with Gasteiger partial charge in [-0.1, -0.05) is 0 Å². The van der Waals surface area contributed by atoms with Crippen molar-refractivity contribution in [2.24, 2.45) is 0 Å². The maximum Gasteiger partial charge on any atom is 0.213 e. The van der Waals surface area contributed by atoms with Crippen LogP contribution in [-0.2, 0) is 0 Å². The minimum Gasteiger partial charge on any atom is -0.277 e. The van der Waals surface area contributed by atoms with Crippen LogP contribution in [0.4, 0.5) is 4.39 Å². The van der Waals surface area contributed by atoms with Gasteiger partial charge in [0.25, 0.3) is 0 Å². The van der Waals surface area contributed by atoms with Crippen molar-refractivity contribution in [2.45, 2.75) is 6.92 Å². The van der Waals surface area contributed by atoms with Gasteiger partial charge in [-0.05, 0) is 19.1 Å². The first-order valence-corrected chi connectivity index (χ1v) is 5.17. The Balaban J connectivity index is 2.24. The molecular formula is C12H9FN4.